The van der Waals surface area contributed by atoms with Gasteiger partial charge in [0.15, 0.2) is 0 Å². The lowest BCUT2D eigenvalue weighted by molar-refractivity contribution is -0.118. The number of rotatable bonds is 6. The van der Waals surface area contributed by atoms with Crippen LogP contribution in [0.5, 0.6) is 0 Å². The van der Waals surface area contributed by atoms with Crippen molar-refractivity contribution in [3.8, 4) is 10.6 Å². The number of benzene rings is 1. The third kappa shape index (κ3) is 6.00. The second kappa shape index (κ2) is 9.82. The van der Waals surface area contributed by atoms with Crippen molar-refractivity contribution in [3.63, 3.8) is 0 Å². The highest BCUT2D eigenvalue weighted by Crippen LogP contribution is 2.26. The minimum atomic E-state index is -0.648. The van der Waals surface area contributed by atoms with E-state index in [1.165, 1.54) is 23.3 Å². The first-order valence-electron chi connectivity index (χ1n) is 10.2. The van der Waals surface area contributed by atoms with Crippen molar-refractivity contribution >= 4 is 28.4 Å². The Kier molecular flexibility index (Phi) is 7.19. The molecule has 7 nitrogen and oxygen atoms in total. The number of aromatic nitrogens is 2. The van der Waals surface area contributed by atoms with Crippen molar-refractivity contribution < 1.29 is 9.59 Å². The second-order valence-corrected chi connectivity index (χ2v) is 8.92. The van der Waals surface area contributed by atoms with Gasteiger partial charge in [0.05, 0.1) is 0 Å². The average molecular weight is 416 g/mol. The zero-order valence-electron chi connectivity index (χ0n) is 17.2. The number of amides is 3. The molecule has 0 saturated heterocycles. The maximum absolute atomic E-state index is 12.8. The lowest BCUT2D eigenvalue weighted by atomic mass is 9.96. The van der Waals surface area contributed by atoms with Crippen molar-refractivity contribution in [1.82, 2.24) is 20.8 Å². The number of carbonyl (C=O) groups excluding carboxylic acids is 2. The van der Waals surface area contributed by atoms with Crippen LogP contribution >= 0.6 is 11.3 Å². The van der Waals surface area contributed by atoms with Crippen LogP contribution in [0.1, 0.15) is 51.5 Å². The zero-order chi connectivity index (χ0) is 20.8. The van der Waals surface area contributed by atoms with E-state index in [1.54, 1.807) is 0 Å². The van der Waals surface area contributed by atoms with E-state index >= 15 is 0 Å². The van der Waals surface area contributed by atoms with Gasteiger partial charge in [-0.2, -0.15) is 0 Å². The Morgan fingerprint density at radius 3 is 2.41 bits per heavy atom. The fraction of sp³-hybridized carbons (Fsp3) is 0.524. The highest BCUT2D eigenvalue weighted by molar-refractivity contribution is 7.18. The maximum Gasteiger partial charge on any atom is 0.315 e. The smallest absolute Gasteiger partial charge is 0.315 e. The number of carbonyl (C=O) groups is 2. The highest BCUT2D eigenvalue weighted by Gasteiger charge is 2.26. The van der Waals surface area contributed by atoms with Gasteiger partial charge in [0, 0.05) is 11.6 Å². The Hall–Kier alpha value is -2.48. The predicted molar refractivity (Wildman–Crippen MR) is 116 cm³/mol. The van der Waals surface area contributed by atoms with E-state index in [9.17, 15) is 9.59 Å². The summed E-state index contributed by atoms with van der Waals surface area (Å²) in [6.45, 7) is 5.84. The molecular weight excluding hydrogens is 386 g/mol. The van der Waals surface area contributed by atoms with Crippen molar-refractivity contribution in [2.75, 3.05) is 5.32 Å². The molecule has 1 aliphatic rings. The number of anilines is 1. The van der Waals surface area contributed by atoms with Gasteiger partial charge in [0.25, 0.3) is 0 Å². The van der Waals surface area contributed by atoms with Gasteiger partial charge in [-0.05, 0) is 25.7 Å². The zero-order valence-corrected chi connectivity index (χ0v) is 18.0. The van der Waals surface area contributed by atoms with E-state index in [0.29, 0.717) is 5.13 Å². The van der Waals surface area contributed by atoms with Crippen LogP contribution in [-0.2, 0) is 4.79 Å². The normalized spacial score (nSPS) is 15.7. The molecule has 3 N–H and O–H groups in total. The van der Waals surface area contributed by atoms with Gasteiger partial charge in [-0.25, -0.2) is 4.79 Å². The van der Waals surface area contributed by atoms with Crippen molar-refractivity contribution in [3.05, 3.63) is 29.8 Å². The molecule has 1 aliphatic carbocycles. The number of nitrogens with zero attached hydrogens (tertiary/aromatic N) is 2. The molecule has 1 heterocycles. The molecule has 29 heavy (non-hydrogen) atoms. The van der Waals surface area contributed by atoms with Crippen LogP contribution in [0.2, 0.25) is 0 Å². The summed E-state index contributed by atoms with van der Waals surface area (Å²) in [5, 5.41) is 18.0. The third-order valence-corrected chi connectivity index (χ3v) is 6.02. The number of aryl methyl sites for hydroxylation is 1. The predicted octanol–water partition coefficient (Wildman–Crippen LogP) is 4.11. The Bertz CT molecular complexity index is 828. The average Bonchev–Trinajstić information content (AvgIpc) is 3.15. The molecule has 156 valence electrons. The van der Waals surface area contributed by atoms with Crippen LogP contribution in [-0.4, -0.2) is 34.2 Å². The largest absolute Gasteiger partial charge is 0.335 e. The Morgan fingerprint density at radius 1 is 1.07 bits per heavy atom. The van der Waals surface area contributed by atoms with Gasteiger partial charge >= 0.3 is 6.03 Å². The molecule has 2 aromatic rings. The topological polar surface area (TPSA) is 96.0 Å². The first-order chi connectivity index (χ1) is 13.9. The summed E-state index contributed by atoms with van der Waals surface area (Å²) < 4.78 is 0. The lowest BCUT2D eigenvalue weighted by Crippen LogP contribution is -2.52. The molecule has 0 radical (unpaired) electrons. The number of urea groups is 1. The number of hydrogen-bond donors (Lipinski definition) is 3. The van der Waals surface area contributed by atoms with Gasteiger partial charge in [0.1, 0.15) is 11.0 Å². The van der Waals surface area contributed by atoms with Crippen LogP contribution in [0, 0.1) is 12.8 Å². The highest BCUT2D eigenvalue weighted by atomic mass is 32.1. The van der Waals surface area contributed by atoms with E-state index in [4.69, 9.17) is 0 Å². The van der Waals surface area contributed by atoms with E-state index in [1.807, 2.05) is 45.0 Å². The van der Waals surface area contributed by atoms with Crippen LogP contribution in [0.25, 0.3) is 10.6 Å². The molecule has 0 aliphatic heterocycles. The lowest BCUT2D eigenvalue weighted by Gasteiger charge is -2.26. The Labute approximate surface area is 175 Å². The van der Waals surface area contributed by atoms with Gasteiger partial charge in [-0.1, -0.05) is 74.3 Å². The summed E-state index contributed by atoms with van der Waals surface area (Å²) in [6, 6.07) is 7.25. The molecule has 0 unspecified atom stereocenters. The molecule has 3 amide bonds. The standard InChI is InChI=1S/C21H29N5O2S/c1-13(2)17(23-20(28)22-16-7-5-4-6-8-16)18(27)24-21-26-25-19(29-21)15-11-9-14(3)10-12-15/h9-13,16-17H,4-8H2,1-3H3,(H2,22,23,28)(H,24,26,27)/t17-/m1/s1. The van der Waals surface area contributed by atoms with E-state index in [-0.39, 0.29) is 23.9 Å². The van der Waals surface area contributed by atoms with Gasteiger partial charge in [-0.3, -0.25) is 10.1 Å². The van der Waals surface area contributed by atoms with Crippen LogP contribution in [0.15, 0.2) is 24.3 Å². The van der Waals surface area contributed by atoms with E-state index < -0.39 is 6.04 Å². The SMILES string of the molecule is Cc1ccc(-c2nnc(NC(=O)[C@H](NC(=O)NC3CCCCC3)C(C)C)s2)cc1. The summed E-state index contributed by atoms with van der Waals surface area (Å²) in [5.41, 5.74) is 2.13. The molecule has 0 bridgehead atoms. The molecular formula is C21H29N5O2S. The van der Waals surface area contributed by atoms with Crippen LogP contribution in [0.3, 0.4) is 0 Å². The van der Waals surface area contributed by atoms with Crippen LogP contribution < -0.4 is 16.0 Å². The molecule has 0 spiro atoms. The number of hydrogen-bond acceptors (Lipinski definition) is 5. The van der Waals surface area contributed by atoms with E-state index in [2.05, 4.69) is 26.1 Å². The van der Waals surface area contributed by atoms with Gasteiger partial charge < -0.3 is 10.6 Å². The fourth-order valence-electron chi connectivity index (χ4n) is 3.42. The van der Waals surface area contributed by atoms with Crippen molar-refractivity contribution in [2.45, 2.75) is 65.0 Å². The minimum Gasteiger partial charge on any atom is -0.335 e. The first kappa shape index (κ1) is 21.2. The quantitative estimate of drug-likeness (QED) is 0.661. The molecule has 1 fully saturated rings. The number of nitrogens with one attached hydrogen (secondary N) is 3. The maximum atomic E-state index is 12.8. The fourth-order valence-corrected chi connectivity index (χ4v) is 4.17. The summed E-state index contributed by atoms with van der Waals surface area (Å²) in [7, 11) is 0. The van der Waals surface area contributed by atoms with Crippen molar-refractivity contribution in [2.24, 2.45) is 5.92 Å². The van der Waals surface area contributed by atoms with Crippen LogP contribution in [0.4, 0.5) is 9.93 Å². The summed E-state index contributed by atoms with van der Waals surface area (Å²) in [5.74, 6) is -0.345. The monoisotopic (exact) mass is 415 g/mol. The first-order valence-corrected chi connectivity index (χ1v) is 11.0. The minimum absolute atomic E-state index is 0.0587. The Balaban J connectivity index is 1.59. The summed E-state index contributed by atoms with van der Waals surface area (Å²) in [4.78, 5) is 25.1. The molecule has 1 aromatic heterocycles. The van der Waals surface area contributed by atoms with Gasteiger partial charge in [-0.15, -0.1) is 10.2 Å². The molecule has 1 saturated carbocycles. The Morgan fingerprint density at radius 2 is 1.76 bits per heavy atom. The summed E-state index contributed by atoms with van der Waals surface area (Å²) >= 11 is 1.31. The molecule has 1 atom stereocenters. The molecule has 1 aromatic carbocycles. The third-order valence-electron chi connectivity index (χ3n) is 5.13. The molecule has 3 rings (SSSR count). The second-order valence-electron chi connectivity index (χ2n) is 7.94. The van der Waals surface area contributed by atoms with E-state index in [0.717, 1.165) is 36.3 Å². The summed E-state index contributed by atoms with van der Waals surface area (Å²) in [6.07, 6.45) is 5.50. The van der Waals surface area contributed by atoms with Gasteiger partial charge in [0.2, 0.25) is 11.0 Å². The van der Waals surface area contributed by atoms with Crippen molar-refractivity contribution in [1.29, 1.82) is 0 Å². The molecule has 8 heteroatoms.